The monoisotopic (exact) mass is 1270 g/mol. The Morgan fingerprint density at radius 2 is 0.896 bits per heavy atom. The summed E-state index contributed by atoms with van der Waals surface area (Å²) in [5.41, 5.74) is 1.13. The van der Waals surface area contributed by atoms with E-state index >= 15 is 0 Å². The van der Waals surface area contributed by atoms with Crippen molar-refractivity contribution < 1.29 is 85.3 Å². The van der Waals surface area contributed by atoms with Crippen molar-refractivity contribution >= 4 is 0 Å². The molecule has 0 aromatic carbocycles. The molecule has 0 saturated heterocycles. The maximum absolute atomic E-state index is 12.5. The van der Waals surface area contributed by atoms with E-state index in [2.05, 4.69) is 75.6 Å². The third kappa shape index (κ3) is 23.3. The summed E-state index contributed by atoms with van der Waals surface area (Å²) >= 11 is 0. The molecule has 0 spiro atoms. The molecular weight excluding hydrogens is 1210 g/mol. The number of hydrogen-bond acceptors (Lipinski definition) is 20. The second-order valence-corrected chi connectivity index (χ2v) is 14.7. The van der Waals surface area contributed by atoms with E-state index in [4.69, 9.17) is 37.9 Å². The Balaban J connectivity index is 0.000000222. The van der Waals surface area contributed by atoms with Crippen molar-refractivity contribution in [3.05, 3.63) is 109 Å². The Labute approximate surface area is 450 Å². The van der Waals surface area contributed by atoms with E-state index < -0.39 is 24.0 Å². The van der Waals surface area contributed by atoms with Crippen LogP contribution >= 0.6 is 0 Å². The molecule has 416 valence electrons. The molecule has 8 aromatic rings. The number of hydrogen-bond donors (Lipinski definition) is 2. The van der Waals surface area contributed by atoms with Crippen molar-refractivity contribution in [1.82, 2.24) is 80.7 Å². The molecule has 8 rings (SSSR count). The van der Waals surface area contributed by atoms with Gasteiger partial charge in [0.25, 0.3) is 0 Å². The SMILES string of the molecule is COCCOCCOCCOc1ccncc1.COCCOCCOCCOc1ccncc1.Cc1n[n-]c(-c2cccc(-c3nc(C(F)(F)F)n[n-]3)n2)n1.Cc1nc(-c2cccc(-c3n[nH]c(C(F)(F)F)n3)n2)n[nH]1.[Pt+2]. The molecule has 0 saturated carbocycles. The van der Waals surface area contributed by atoms with Crippen LogP contribution in [0.15, 0.2) is 85.5 Å². The second kappa shape index (κ2) is 33.7. The predicted molar refractivity (Wildman–Crippen MR) is 254 cm³/mol. The number of aromatic amines is 2. The van der Waals surface area contributed by atoms with Gasteiger partial charge in [-0.15, -0.1) is 0 Å². The third-order valence-corrected chi connectivity index (χ3v) is 8.93. The van der Waals surface area contributed by atoms with Crippen LogP contribution in [0, 0.1) is 13.8 Å². The van der Waals surface area contributed by atoms with Gasteiger partial charge in [-0.2, -0.15) is 36.5 Å². The van der Waals surface area contributed by atoms with Crippen molar-refractivity contribution in [2.24, 2.45) is 0 Å². The van der Waals surface area contributed by atoms with E-state index in [-0.39, 0.29) is 49.9 Å². The summed E-state index contributed by atoms with van der Waals surface area (Å²) < 4.78 is 116. The summed E-state index contributed by atoms with van der Waals surface area (Å²) in [7, 11) is 3.30. The fourth-order valence-electron chi connectivity index (χ4n) is 5.46. The van der Waals surface area contributed by atoms with Crippen LogP contribution in [0.5, 0.6) is 11.5 Å². The van der Waals surface area contributed by atoms with E-state index in [1.165, 1.54) is 12.1 Å². The van der Waals surface area contributed by atoms with Gasteiger partial charge in [0.1, 0.15) is 47.7 Å². The molecule has 8 aromatic heterocycles. The van der Waals surface area contributed by atoms with Crippen molar-refractivity contribution in [3.8, 4) is 57.6 Å². The first kappa shape index (κ1) is 62.3. The van der Waals surface area contributed by atoms with Crippen LogP contribution in [0.2, 0.25) is 0 Å². The van der Waals surface area contributed by atoms with Gasteiger partial charge in [-0.3, -0.25) is 30.4 Å². The number of halogens is 6. The first-order valence-corrected chi connectivity index (χ1v) is 22.7. The summed E-state index contributed by atoms with van der Waals surface area (Å²) in [5.74, 6) is 0.505. The summed E-state index contributed by atoms with van der Waals surface area (Å²) in [6, 6.07) is 16.7. The minimum Gasteiger partial charge on any atom is -0.491 e. The second-order valence-electron chi connectivity index (χ2n) is 14.7. The summed E-state index contributed by atoms with van der Waals surface area (Å²) in [6.45, 7) is 10.3. The zero-order chi connectivity index (χ0) is 54.4. The number of aromatic nitrogens is 16. The molecule has 0 radical (unpaired) electrons. The van der Waals surface area contributed by atoms with Gasteiger partial charge in [0.15, 0.2) is 11.6 Å². The van der Waals surface area contributed by atoms with Crippen LogP contribution in [0.25, 0.3) is 46.1 Å². The smallest absolute Gasteiger partial charge is 0.491 e. The first-order chi connectivity index (χ1) is 36.7. The molecule has 0 aliphatic heterocycles. The molecule has 0 unspecified atom stereocenters. The van der Waals surface area contributed by atoms with Gasteiger partial charge >= 0.3 is 33.4 Å². The molecular formula is C46H52F6N16O8Pt. The van der Waals surface area contributed by atoms with E-state index in [1.807, 2.05) is 29.4 Å². The van der Waals surface area contributed by atoms with Crippen molar-refractivity contribution in [2.45, 2.75) is 26.2 Å². The zero-order valence-corrected chi connectivity index (χ0v) is 44.0. The minimum atomic E-state index is -4.64. The Morgan fingerprint density at radius 1 is 0.468 bits per heavy atom. The van der Waals surface area contributed by atoms with Gasteiger partial charge in [0.2, 0.25) is 5.82 Å². The average molecular weight is 1270 g/mol. The minimum absolute atomic E-state index is 0. The number of aryl methyl sites for hydroxylation is 2. The number of alkyl halides is 6. The van der Waals surface area contributed by atoms with Crippen LogP contribution in [0.3, 0.4) is 0 Å². The van der Waals surface area contributed by atoms with Gasteiger partial charge in [-0.05, 0) is 74.0 Å². The van der Waals surface area contributed by atoms with Crippen LogP contribution < -0.4 is 19.7 Å². The Kier molecular flexibility index (Phi) is 27.3. The van der Waals surface area contributed by atoms with Gasteiger partial charge in [0, 0.05) is 44.8 Å². The van der Waals surface area contributed by atoms with Gasteiger partial charge in [-0.1, -0.05) is 12.1 Å². The van der Waals surface area contributed by atoms with E-state index in [9.17, 15) is 26.3 Å². The molecule has 31 heteroatoms. The van der Waals surface area contributed by atoms with E-state index in [1.54, 1.807) is 77.1 Å². The van der Waals surface area contributed by atoms with Crippen molar-refractivity contribution in [1.29, 1.82) is 0 Å². The van der Waals surface area contributed by atoms with Crippen LogP contribution in [0.4, 0.5) is 26.3 Å². The normalized spacial score (nSPS) is 11.0. The molecule has 8 heterocycles. The van der Waals surface area contributed by atoms with E-state index in [0.29, 0.717) is 108 Å². The maximum atomic E-state index is 12.5. The Bertz CT molecular complexity index is 2640. The third-order valence-electron chi connectivity index (χ3n) is 8.93. The predicted octanol–water partition coefficient (Wildman–Crippen LogP) is 5.49. The largest absolute Gasteiger partial charge is 2.00 e. The molecule has 0 aliphatic rings. The zero-order valence-electron chi connectivity index (χ0n) is 41.7. The quantitative estimate of drug-likeness (QED) is 0.0558. The molecule has 0 aliphatic carbocycles. The maximum Gasteiger partial charge on any atom is 2.00 e. The molecule has 0 fully saturated rings. The molecule has 77 heavy (non-hydrogen) atoms. The van der Waals surface area contributed by atoms with Gasteiger partial charge in [0.05, 0.1) is 77.5 Å². The fourth-order valence-corrected chi connectivity index (χ4v) is 5.46. The fraction of sp³-hybridized carbons (Fsp3) is 0.391. The van der Waals surface area contributed by atoms with Crippen LogP contribution in [-0.2, 0) is 61.8 Å². The standard InChI is InChI=1S/2C12H19NO4.C11H8F3N7.C11H6F3N7.Pt/c2*1-14-6-7-15-8-9-16-10-11-17-12-2-4-13-5-3-12;2*1-5-15-8(19-18-5)6-3-2-4-7(16-6)9-17-10(21-20-9)11(12,13)14;/h2*2-5H,6-11H2,1H3;2-4H,1H3,(H,15,18,19)(H,17,20,21);2-4H,1H3;/q;;;-2;+2. The topological polar surface area (TPSA) is 288 Å². The van der Waals surface area contributed by atoms with Gasteiger partial charge < -0.3 is 58.1 Å². The molecule has 0 atom stereocenters. The number of nitrogens with one attached hydrogen (secondary N) is 2. The number of pyridine rings is 4. The number of ether oxygens (including phenoxy) is 8. The summed E-state index contributed by atoms with van der Waals surface area (Å²) in [4.78, 5) is 30.9. The molecule has 0 amide bonds. The van der Waals surface area contributed by atoms with Gasteiger partial charge in [-0.25, -0.2) is 19.9 Å². The summed E-state index contributed by atoms with van der Waals surface area (Å²) in [6.07, 6.45) is -2.44. The molecule has 24 nitrogen and oxygen atoms in total. The van der Waals surface area contributed by atoms with Crippen LogP contribution in [0.1, 0.15) is 23.3 Å². The number of methoxy groups -OCH3 is 2. The number of rotatable bonds is 24. The number of H-pyrrole nitrogens is 2. The Morgan fingerprint density at radius 3 is 1.31 bits per heavy atom. The Hall–Kier alpha value is -7.21. The van der Waals surface area contributed by atoms with Crippen molar-refractivity contribution in [2.75, 3.05) is 93.5 Å². The average Bonchev–Trinajstić information content (AvgIpc) is 4.29. The molecule has 0 bridgehead atoms. The first-order valence-electron chi connectivity index (χ1n) is 22.7. The summed E-state index contributed by atoms with van der Waals surface area (Å²) in [5, 5.41) is 25.9. The van der Waals surface area contributed by atoms with E-state index in [0.717, 1.165) is 11.5 Å². The number of nitrogens with zero attached hydrogens (tertiary/aromatic N) is 14. The molecule has 2 N–H and O–H groups in total. The van der Waals surface area contributed by atoms with Crippen molar-refractivity contribution in [3.63, 3.8) is 0 Å². The van der Waals surface area contributed by atoms with Crippen LogP contribution in [-0.4, -0.2) is 164 Å².